The quantitative estimate of drug-likeness (QED) is 0.687. The van der Waals surface area contributed by atoms with Gasteiger partial charge in [0.25, 0.3) is 5.91 Å². The van der Waals surface area contributed by atoms with Crippen LogP contribution in [0.15, 0.2) is 60.3 Å². The van der Waals surface area contributed by atoms with E-state index in [2.05, 4.69) is 18.3 Å². The van der Waals surface area contributed by atoms with E-state index >= 15 is 0 Å². The standard InChI is InChI=1S/C20H19N3O2/c1-14-11-15-5-3-4-6-19(15)23(14)13-16(12-21)20(24)22-17-7-9-18(25-2)10-8-17/h3-10,13-14H,11H2,1-2H3,(H,22,24)/b16-13-. The lowest BCUT2D eigenvalue weighted by molar-refractivity contribution is -0.112. The van der Waals surface area contributed by atoms with Gasteiger partial charge in [0.2, 0.25) is 0 Å². The Bertz CT molecular complexity index is 850. The number of amides is 1. The maximum absolute atomic E-state index is 12.4. The molecule has 1 heterocycles. The van der Waals surface area contributed by atoms with E-state index in [1.54, 1.807) is 37.6 Å². The zero-order valence-corrected chi connectivity index (χ0v) is 14.2. The third-order valence-electron chi connectivity index (χ3n) is 4.24. The molecule has 1 aliphatic heterocycles. The molecule has 1 atom stereocenters. The predicted octanol–water partition coefficient (Wildman–Crippen LogP) is 3.49. The molecule has 0 saturated heterocycles. The molecule has 0 aliphatic carbocycles. The number of ether oxygens (including phenoxy) is 1. The van der Waals surface area contributed by atoms with E-state index in [0.717, 1.165) is 12.1 Å². The monoisotopic (exact) mass is 333 g/mol. The van der Waals surface area contributed by atoms with E-state index in [4.69, 9.17) is 4.74 Å². The van der Waals surface area contributed by atoms with Gasteiger partial charge in [0.15, 0.2) is 0 Å². The van der Waals surface area contributed by atoms with Crippen LogP contribution >= 0.6 is 0 Å². The van der Waals surface area contributed by atoms with Gasteiger partial charge in [-0.2, -0.15) is 5.26 Å². The van der Waals surface area contributed by atoms with Gasteiger partial charge >= 0.3 is 0 Å². The van der Waals surface area contributed by atoms with Crippen molar-refractivity contribution in [2.24, 2.45) is 0 Å². The summed E-state index contributed by atoms with van der Waals surface area (Å²) >= 11 is 0. The topological polar surface area (TPSA) is 65.4 Å². The van der Waals surface area contributed by atoms with Crippen molar-refractivity contribution in [3.05, 3.63) is 65.9 Å². The van der Waals surface area contributed by atoms with Crippen molar-refractivity contribution in [1.29, 1.82) is 5.26 Å². The van der Waals surface area contributed by atoms with Gasteiger partial charge in [0.05, 0.1) is 7.11 Å². The highest BCUT2D eigenvalue weighted by Crippen LogP contribution is 2.32. The number of rotatable bonds is 4. The first-order valence-corrected chi connectivity index (χ1v) is 8.06. The zero-order chi connectivity index (χ0) is 17.8. The number of hydrogen-bond acceptors (Lipinski definition) is 4. The molecular formula is C20H19N3O2. The summed E-state index contributed by atoms with van der Waals surface area (Å²) in [5.41, 5.74) is 2.94. The second kappa shape index (κ2) is 7.10. The van der Waals surface area contributed by atoms with Crippen molar-refractivity contribution >= 4 is 17.3 Å². The van der Waals surface area contributed by atoms with Crippen LogP contribution in [0.1, 0.15) is 12.5 Å². The van der Waals surface area contributed by atoms with Crippen molar-refractivity contribution in [2.75, 3.05) is 17.3 Å². The minimum atomic E-state index is -0.427. The van der Waals surface area contributed by atoms with Crippen LogP contribution in [0.4, 0.5) is 11.4 Å². The Morgan fingerprint density at radius 3 is 2.68 bits per heavy atom. The molecule has 1 aliphatic rings. The maximum atomic E-state index is 12.4. The Balaban J connectivity index is 1.80. The molecule has 5 heteroatoms. The minimum absolute atomic E-state index is 0.0689. The fourth-order valence-electron chi connectivity index (χ4n) is 2.94. The smallest absolute Gasteiger partial charge is 0.267 e. The molecule has 0 radical (unpaired) electrons. The first kappa shape index (κ1) is 16.6. The number of nitriles is 1. The molecule has 1 N–H and O–H groups in total. The lowest BCUT2D eigenvalue weighted by atomic mass is 10.1. The molecule has 1 amide bonds. The molecule has 0 bridgehead atoms. The Kier molecular flexibility index (Phi) is 4.71. The van der Waals surface area contributed by atoms with Gasteiger partial charge < -0.3 is 15.0 Å². The first-order chi connectivity index (χ1) is 12.1. The number of hydrogen-bond donors (Lipinski definition) is 1. The zero-order valence-electron chi connectivity index (χ0n) is 14.2. The van der Waals surface area contributed by atoms with Gasteiger partial charge in [0.1, 0.15) is 17.4 Å². The van der Waals surface area contributed by atoms with Gasteiger partial charge in [-0.1, -0.05) is 18.2 Å². The van der Waals surface area contributed by atoms with E-state index in [9.17, 15) is 10.1 Å². The van der Waals surface area contributed by atoms with Crippen LogP contribution in [0.5, 0.6) is 5.75 Å². The summed E-state index contributed by atoms with van der Waals surface area (Å²) in [6.07, 6.45) is 2.53. The highest BCUT2D eigenvalue weighted by Gasteiger charge is 2.25. The Morgan fingerprint density at radius 2 is 2.00 bits per heavy atom. The van der Waals surface area contributed by atoms with E-state index in [-0.39, 0.29) is 11.6 Å². The number of carbonyl (C=O) groups is 1. The first-order valence-electron chi connectivity index (χ1n) is 8.06. The third-order valence-corrected chi connectivity index (χ3v) is 4.24. The molecule has 5 nitrogen and oxygen atoms in total. The predicted molar refractivity (Wildman–Crippen MR) is 97.4 cm³/mol. The fraction of sp³-hybridized carbons (Fsp3) is 0.200. The summed E-state index contributed by atoms with van der Waals surface area (Å²) in [5.74, 6) is 0.279. The van der Waals surface area contributed by atoms with Crippen LogP contribution in [0, 0.1) is 11.3 Å². The van der Waals surface area contributed by atoms with Gasteiger partial charge in [0, 0.05) is 23.6 Å². The number of para-hydroxylation sites is 1. The summed E-state index contributed by atoms with van der Waals surface area (Å²) in [6.45, 7) is 2.08. The van der Waals surface area contributed by atoms with Gasteiger partial charge in [-0.05, 0) is 49.2 Å². The van der Waals surface area contributed by atoms with Gasteiger partial charge in [-0.3, -0.25) is 4.79 Å². The van der Waals surface area contributed by atoms with Crippen molar-refractivity contribution in [3.63, 3.8) is 0 Å². The van der Waals surface area contributed by atoms with Crippen LogP contribution in [0.3, 0.4) is 0 Å². The fourth-order valence-corrected chi connectivity index (χ4v) is 2.94. The SMILES string of the molecule is COc1ccc(NC(=O)/C(C#N)=C\N2c3ccccc3CC2C)cc1. The van der Waals surface area contributed by atoms with Gasteiger partial charge in [-0.15, -0.1) is 0 Å². The summed E-state index contributed by atoms with van der Waals surface area (Å²) < 4.78 is 5.09. The molecule has 1 unspecified atom stereocenters. The number of anilines is 2. The molecule has 126 valence electrons. The highest BCUT2D eigenvalue weighted by molar-refractivity contribution is 6.06. The summed E-state index contributed by atoms with van der Waals surface area (Å²) in [5, 5.41) is 12.2. The number of benzene rings is 2. The lowest BCUT2D eigenvalue weighted by Crippen LogP contribution is -2.25. The number of methoxy groups -OCH3 is 1. The van der Waals surface area contributed by atoms with Crippen LogP contribution in [0.25, 0.3) is 0 Å². The van der Waals surface area contributed by atoms with Crippen molar-refractivity contribution in [2.45, 2.75) is 19.4 Å². The summed E-state index contributed by atoms with van der Waals surface area (Å²) in [4.78, 5) is 14.4. The Hall–Kier alpha value is -3.26. The van der Waals surface area contributed by atoms with Crippen LogP contribution in [-0.2, 0) is 11.2 Å². The van der Waals surface area contributed by atoms with Crippen LogP contribution in [-0.4, -0.2) is 19.1 Å². The van der Waals surface area contributed by atoms with E-state index in [1.165, 1.54) is 5.56 Å². The number of nitrogens with zero attached hydrogens (tertiary/aromatic N) is 2. The lowest BCUT2D eigenvalue weighted by Gasteiger charge is -2.20. The second-order valence-electron chi connectivity index (χ2n) is 5.93. The van der Waals surface area contributed by atoms with Crippen LogP contribution < -0.4 is 15.0 Å². The summed E-state index contributed by atoms with van der Waals surface area (Å²) in [7, 11) is 1.58. The Morgan fingerprint density at radius 1 is 1.28 bits per heavy atom. The number of fused-ring (bicyclic) bond motifs is 1. The number of nitrogens with one attached hydrogen (secondary N) is 1. The normalized spacial score (nSPS) is 16.1. The largest absolute Gasteiger partial charge is 0.497 e. The maximum Gasteiger partial charge on any atom is 0.267 e. The minimum Gasteiger partial charge on any atom is -0.497 e. The van der Waals surface area contributed by atoms with Crippen molar-refractivity contribution in [3.8, 4) is 11.8 Å². The average molecular weight is 333 g/mol. The van der Waals surface area contributed by atoms with Crippen molar-refractivity contribution in [1.82, 2.24) is 0 Å². The van der Waals surface area contributed by atoms with E-state index in [0.29, 0.717) is 11.4 Å². The van der Waals surface area contributed by atoms with Crippen molar-refractivity contribution < 1.29 is 9.53 Å². The molecule has 0 spiro atoms. The van der Waals surface area contributed by atoms with Gasteiger partial charge in [-0.25, -0.2) is 0 Å². The Labute approximate surface area is 147 Å². The molecule has 25 heavy (non-hydrogen) atoms. The van der Waals surface area contributed by atoms with E-state index in [1.807, 2.05) is 29.2 Å². The molecule has 2 aromatic rings. The molecule has 3 rings (SSSR count). The molecule has 2 aromatic carbocycles. The average Bonchev–Trinajstić information content (AvgIpc) is 2.95. The molecule has 0 fully saturated rings. The second-order valence-corrected chi connectivity index (χ2v) is 5.93. The third kappa shape index (κ3) is 3.48. The molecule has 0 aromatic heterocycles. The van der Waals surface area contributed by atoms with Crippen LogP contribution in [0.2, 0.25) is 0 Å². The number of carbonyl (C=O) groups excluding carboxylic acids is 1. The molecular weight excluding hydrogens is 314 g/mol. The highest BCUT2D eigenvalue weighted by atomic mass is 16.5. The molecule has 0 saturated carbocycles. The summed E-state index contributed by atoms with van der Waals surface area (Å²) in [6, 6.07) is 17.2. The van der Waals surface area contributed by atoms with E-state index < -0.39 is 5.91 Å².